The second kappa shape index (κ2) is 7.55. The summed E-state index contributed by atoms with van der Waals surface area (Å²) >= 11 is 0. The Balaban J connectivity index is 2.28. The van der Waals surface area contributed by atoms with E-state index in [9.17, 15) is 8.78 Å². The Hall–Kier alpha value is -1.94. The standard InChI is InChI=1S/C19H24F2N2/c1-12(2)11-23-19-6-13(3)15(8-16(19)10-22)7-14-4-5-17(20)9-18(14)21/h4-6,8-9,12,23H,7,10-11,22H2,1-3H3. The second-order valence-electron chi connectivity index (χ2n) is 6.33. The lowest BCUT2D eigenvalue weighted by molar-refractivity contribution is 0.574. The molecule has 3 N–H and O–H groups in total. The molecule has 0 fully saturated rings. The van der Waals surface area contributed by atoms with Crippen LogP contribution >= 0.6 is 0 Å². The Morgan fingerprint density at radius 2 is 1.78 bits per heavy atom. The minimum Gasteiger partial charge on any atom is -0.385 e. The Kier molecular flexibility index (Phi) is 5.72. The first-order valence-electron chi connectivity index (χ1n) is 7.91. The normalized spacial score (nSPS) is 11.1. The number of benzene rings is 2. The number of nitrogens with one attached hydrogen (secondary N) is 1. The van der Waals surface area contributed by atoms with Gasteiger partial charge in [-0.25, -0.2) is 8.78 Å². The van der Waals surface area contributed by atoms with Crippen molar-refractivity contribution in [2.45, 2.75) is 33.7 Å². The number of halogens is 2. The monoisotopic (exact) mass is 318 g/mol. The summed E-state index contributed by atoms with van der Waals surface area (Å²) in [6, 6.07) is 7.78. The van der Waals surface area contributed by atoms with Crippen LogP contribution in [0.3, 0.4) is 0 Å². The van der Waals surface area contributed by atoms with Crippen LogP contribution in [0.2, 0.25) is 0 Å². The van der Waals surface area contributed by atoms with Gasteiger partial charge in [0.25, 0.3) is 0 Å². The van der Waals surface area contributed by atoms with Crippen LogP contribution in [0.5, 0.6) is 0 Å². The molecule has 0 amide bonds. The fraction of sp³-hybridized carbons (Fsp3) is 0.368. The van der Waals surface area contributed by atoms with Crippen molar-refractivity contribution in [2.75, 3.05) is 11.9 Å². The summed E-state index contributed by atoms with van der Waals surface area (Å²) in [6.45, 7) is 7.58. The van der Waals surface area contributed by atoms with E-state index in [0.29, 0.717) is 24.4 Å². The van der Waals surface area contributed by atoms with Crippen LogP contribution < -0.4 is 11.1 Å². The first-order valence-corrected chi connectivity index (χ1v) is 7.91. The van der Waals surface area contributed by atoms with Gasteiger partial charge in [0.05, 0.1) is 0 Å². The van der Waals surface area contributed by atoms with E-state index in [4.69, 9.17) is 5.73 Å². The molecule has 0 aliphatic carbocycles. The smallest absolute Gasteiger partial charge is 0.129 e. The topological polar surface area (TPSA) is 38.0 Å². The molecular formula is C19H24F2N2. The van der Waals surface area contributed by atoms with Gasteiger partial charge < -0.3 is 11.1 Å². The average molecular weight is 318 g/mol. The van der Waals surface area contributed by atoms with Crippen molar-refractivity contribution in [2.24, 2.45) is 11.7 Å². The van der Waals surface area contributed by atoms with Gasteiger partial charge in [0.1, 0.15) is 11.6 Å². The highest BCUT2D eigenvalue weighted by Gasteiger charge is 2.10. The first-order chi connectivity index (χ1) is 10.9. The Labute approximate surface area is 136 Å². The molecule has 0 radical (unpaired) electrons. The molecule has 4 heteroatoms. The largest absolute Gasteiger partial charge is 0.385 e. The molecule has 2 nitrogen and oxygen atoms in total. The van der Waals surface area contributed by atoms with Gasteiger partial charge in [-0.3, -0.25) is 0 Å². The SMILES string of the molecule is Cc1cc(NCC(C)C)c(CN)cc1Cc1ccc(F)cc1F. The van der Waals surface area contributed by atoms with Gasteiger partial charge in [0, 0.05) is 31.3 Å². The summed E-state index contributed by atoms with van der Waals surface area (Å²) in [5.74, 6) is -0.534. The Bertz CT molecular complexity index is 681. The van der Waals surface area contributed by atoms with E-state index in [1.54, 1.807) is 0 Å². The molecule has 2 rings (SSSR count). The van der Waals surface area contributed by atoms with Crippen molar-refractivity contribution in [3.63, 3.8) is 0 Å². The summed E-state index contributed by atoms with van der Waals surface area (Å²) in [5.41, 5.74) is 10.5. The maximum Gasteiger partial charge on any atom is 0.129 e. The van der Waals surface area contributed by atoms with Crippen LogP contribution in [0.25, 0.3) is 0 Å². The van der Waals surface area contributed by atoms with Gasteiger partial charge in [-0.05, 0) is 47.2 Å². The van der Waals surface area contributed by atoms with Crippen LogP contribution in [-0.2, 0) is 13.0 Å². The van der Waals surface area contributed by atoms with Crippen LogP contribution in [0.4, 0.5) is 14.5 Å². The Morgan fingerprint density at radius 3 is 2.39 bits per heavy atom. The summed E-state index contributed by atoms with van der Waals surface area (Å²) in [7, 11) is 0. The fourth-order valence-electron chi connectivity index (χ4n) is 2.51. The van der Waals surface area contributed by atoms with Crippen molar-refractivity contribution < 1.29 is 8.78 Å². The van der Waals surface area contributed by atoms with Crippen molar-refractivity contribution >= 4 is 5.69 Å². The zero-order valence-corrected chi connectivity index (χ0v) is 13.9. The predicted octanol–water partition coefficient (Wildman–Crippen LogP) is 4.39. The van der Waals surface area contributed by atoms with Crippen LogP contribution in [0.1, 0.15) is 36.1 Å². The molecule has 0 bridgehead atoms. The van der Waals surface area contributed by atoms with Gasteiger partial charge in [-0.2, -0.15) is 0 Å². The van der Waals surface area contributed by atoms with E-state index in [1.807, 2.05) is 13.0 Å². The molecule has 0 aromatic heterocycles. The molecular weight excluding hydrogens is 294 g/mol. The molecule has 2 aromatic carbocycles. The summed E-state index contributed by atoms with van der Waals surface area (Å²) in [4.78, 5) is 0. The number of aryl methyl sites for hydroxylation is 1. The molecule has 0 aliphatic rings. The highest BCUT2D eigenvalue weighted by atomic mass is 19.1. The molecule has 0 aliphatic heterocycles. The zero-order chi connectivity index (χ0) is 17.0. The van der Waals surface area contributed by atoms with E-state index in [1.165, 1.54) is 12.1 Å². The molecule has 23 heavy (non-hydrogen) atoms. The third-order valence-corrected chi connectivity index (χ3v) is 3.88. The summed E-state index contributed by atoms with van der Waals surface area (Å²) in [6.07, 6.45) is 0.426. The number of nitrogens with two attached hydrogens (primary N) is 1. The molecule has 0 saturated heterocycles. The minimum atomic E-state index is -0.557. The molecule has 0 spiro atoms. The Morgan fingerprint density at radius 1 is 1.04 bits per heavy atom. The lowest BCUT2D eigenvalue weighted by Crippen LogP contribution is -2.12. The van der Waals surface area contributed by atoms with Crippen molar-refractivity contribution in [1.29, 1.82) is 0 Å². The van der Waals surface area contributed by atoms with Crippen LogP contribution in [-0.4, -0.2) is 6.54 Å². The molecule has 124 valence electrons. The minimum absolute atomic E-state index is 0.416. The number of hydrogen-bond donors (Lipinski definition) is 2. The quantitative estimate of drug-likeness (QED) is 0.829. The molecule has 0 heterocycles. The molecule has 0 saturated carbocycles. The highest BCUT2D eigenvalue weighted by Crippen LogP contribution is 2.24. The number of hydrogen-bond acceptors (Lipinski definition) is 2. The van der Waals surface area contributed by atoms with Crippen molar-refractivity contribution in [3.05, 3.63) is 64.2 Å². The lowest BCUT2D eigenvalue weighted by atomic mass is 9.96. The van der Waals surface area contributed by atoms with Gasteiger partial charge in [0.15, 0.2) is 0 Å². The van der Waals surface area contributed by atoms with E-state index in [0.717, 1.165) is 35.0 Å². The third kappa shape index (κ3) is 4.52. The van der Waals surface area contributed by atoms with Gasteiger partial charge in [-0.1, -0.05) is 26.0 Å². The lowest BCUT2D eigenvalue weighted by Gasteiger charge is -2.17. The second-order valence-corrected chi connectivity index (χ2v) is 6.33. The number of anilines is 1. The third-order valence-electron chi connectivity index (χ3n) is 3.88. The predicted molar refractivity (Wildman–Crippen MR) is 91.6 cm³/mol. The molecule has 0 unspecified atom stereocenters. The van der Waals surface area contributed by atoms with Gasteiger partial charge >= 0.3 is 0 Å². The van der Waals surface area contributed by atoms with Gasteiger partial charge in [-0.15, -0.1) is 0 Å². The number of rotatable bonds is 6. The molecule has 0 atom stereocenters. The fourth-order valence-corrected chi connectivity index (χ4v) is 2.51. The van der Waals surface area contributed by atoms with Crippen LogP contribution in [0.15, 0.2) is 30.3 Å². The van der Waals surface area contributed by atoms with E-state index < -0.39 is 11.6 Å². The zero-order valence-electron chi connectivity index (χ0n) is 13.9. The average Bonchev–Trinajstić information content (AvgIpc) is 2.49. The first kappa shape index (κ1) is 17.4. The summed E-state index contributed by atoms with van der Waals surface area (Å²) in [5, 5.41) is 3.41. The molecule has 2 aromatic rings. The van der Waals surface area contributed by atoms with Crippen molar-refractivity contribution in [3.8, 4) is 0 Å². The van der Waals surface area contributed by atoms with E-state index >= 15 is 0 Å². The van der Waals surface area contributed by atoms with Gasteiger partial charge in [0.2, 0.25) is 0 Å². The van der Waals surface area contributed by atoms with Crippen LogP contribution in [0, 0.1) is 24.5 Å². The maximum absolute atomic E-state index is 13.9. The summed E-state index contributed by atoms with van der Waals surface area (Å²) < 4.78 is 26.9. The van der Waals surface area contributed by atoms with E-state index in [2.05, 4.69) is 25.2 Å². The highest BCUT2D eigenvalue weighted by molar-refractivity contribution is 5.56. The maximum atomic E-state index is 13.9. The van der Waals surface area contributed by atoms with E-state index in [-0.39, 0.29) is 0 Å². The van der Waals surface area contributed by atoms with Crippen molar-refractivity contribution in [1.82, 2.24) is 0 Å².